The highest BCUT2D eigenvalue weighted by molar-refractivity contribution is 5.96. The van der Waals surface area contributed by atoms with Gasteiger partial charge in [-0.1, -0.05) is 84.9 Å². The molecule has 0 aromatic heterocycles. The van der Waals surface area contributed by atoms with Crippen LogP contribution in [0.4, 0.5) is 0 Å². The van der Waals surface area contributed by atoms with Gasteiger partial charge in [-0.25, -0.2) is 4.79 Å². The quantitative estimate of drug-likeness (QED) is 0.142. The summed E-state index contributed by atoms with van der Waals surface area (Å²) >= 11 is 0. The number of ketones is 2. The molecule has 0 amide bonds. The zero-order valence-corrected chi connectivity index (χ0v) is 25.9. The lowest BCUT2D eigenvalue weighted by atomic mass is 9.93. The molecule has 0 saturated carbocycles. The molecule has 0 fully saturated rings. The Labute approximate surface area is 268 Å². The Kier molecular flexibility index (Phi) is 9.88. The predicted octanol–water partition coefficient (Wildman–Crippen LogP) is 8.71. The molecule has 0 spiro atoms. The van der Waals surface area contributed by atoms with E-state index in [1.807, 2.05) is 91.9 Å². The Bertz CT molecular complexity index is 1810. The Hall–Kier alpha value is -5.75. The zero-order valence-electron chi connectivity index (χ0n) is 25.9. The van der Waals surface area contributed by atoms with Crippen molar-refractivity contribution in [2.75, 3.05) is 13.2 Å². The van der Waals surface area contributed by atoms with Gasteiger partial charge < -0.3 is 14.6 Å². The third-order valence-electron chi connectivity index (χ3n) is 7.63. The van der Waals surface area contributed by atoms with E-state index in [-0.39, 0.29) is 18.2 Å². The first kappa shape index (κ1) is 31.7. The largest absolute Gasteiger partial charge is 0.489 e. The van der Waals surface area contributed by atoms with E-state index in [0.29, 0.717) is 22.6 Å². The monoisotopic (exact) mass is 610 g/mol. The predicted molar refractivity (Wildman–Crippen MR) is 181 cm³/mol. The van der Waals surface area contributed by atoms with Crippen molar-refractivity contribution in [3.63, 3.8) is 0 Å². The summed E-state index contributed by atoms with van der Waals surface area (Å²) in [5.74, 6) is 0.147. The van der Waals surface area contributed by atoms with Crippen molar-refractivity contribution >= 4 is 23.1 Å². The summed E-state index contributed by atoms with van der Waals surface area (Å²) < 4.78 is 11.4. The van der Waals surface area contributed by atoms with Gasteiger partial charge in [0, 0.05) is 11.1 Å². The summed E-state index contributed by atoms with van der Waals surface area (Å²) in [6, 6.07) is 36.9. The van der Waals surface area contributed by atoms with Crippen LogP contribution in [0, 0.1) is 6.92 Å². The average molecular weight is 611 g/mol. The highest BCUT2D eigenvalue weighted by Gasteiger charge is 2.10. The molecule has 0 aliphatic carbocycles. The fourth-order valence-corrected chi connectivity index (χ4v) is 5.16. The van der Waals surface area contributed by atoms with Crippen LogP contribution in [0.5, 0.6) is 11.5 Å². The van der Waals surface area contributed by atoms with Crippen molar-refractivity contribution in [2.45, 2.75) is 20.8 Å². The van der Waals surface area contributed by atoms with Crippen LogP contribution in [0.15, 0.2) is 121 Å². The SMILES string of the molecule is CC(=O)c1cccc(-c2ccc(C(=CCOc3ccc(OCC(=O)O)c(C)c3)c3ccc(-c4cccc(C(C)=O)c4)cc3)cc2)c1. The zero-order chi connectivity index (χ0) is 32.6. The maximum Gasteiger partial charge on any atom is 0.341 e. The van der Waals surface area contributed by atoms with Crippen molar-refractivity contribution in [3.05, 3.63) is 149 Å². The van der Waals surface area contributed by atoms with E-state index in [2.05, 4.69) is 24.3 Å². The Morgan fingerprint density at radius 2 is 1.13 bits per heavy atom. The van der Waals surface area contributed by atoms with E-state index >= 15 is 0 Å². The van der Waals surface area contributed by atoms with Gasteiger partial charge in [0.25, 0.3) is 0 Å². The number of carboxylic acid groups (broad SMARTS) is 1. The van der Waals surface area contributed by atoms with Gasteiger partial charge in [-0.3, -0.25) is 9.59 Å². The van der Waals surface area contributed by atoms with Crippen molar-refractivity contribution in [2.24, 2.45) is 0 Å². The van der Waals surface area contributed by atoms with Crippen LogP contribution in [0.25, 0.3) is 27.8 Å². The van der Waals surface area contributed by atoms with Gasteiger partial charge in [-0.2, -0.15) is 0 Å². The van der Waals surface area contributed by atoms with E-state index in [1.54, 1.807) is 26.0 Å². The number of rotatable bonds is 12. The van der Waals surface area contributed by atoms with Crippen molar-refractivity contribution in [3.8, 4) is 33.8 Å². The number of benzene rings is 5. The van der Waals surface area contributed by atoms with Gasteiger partial charge >= 0.3 is 5.97 Å². The van der Waals surface area contributed by atoms with Crippen molar-refractivity contribution in [1.29, 1.82) is 0 Å². The molecule has 46 heavy (non-hydrogen) atoms. The second-order valence-electron chi connectivity index (χ2n) is 11.0. The second kappa shape index (κ2) is 14.4. The minimum Gasteiger partial charge on any atom is -0.489 e. The van der Waals surface area contributed by atoms with Crippen LogP contribution < -0.4 is 9.47 Å². The lowest BCUT2D eigenvalue weighted by molar-refractivity contribution is -0.139. The van der Waals surface area contributed by atoms with Crippen LogP contribution in [0.3, 0.4) is 0 Å². The first-order valence-electron chi connectivity index (χ1n) is 14.9. The number of hydrogen-bond donors (Lipinski definition) is 1. The number of carboxylic acids is 1. The van der Waals surface area contributed by atoms with E-state index in [4.69, 9.17) is 14.6 Å². The number of carbonyl (C=O) groups is 3. The third-order valence-corrected chi connectivity index (χ3v) is 7.63. The minimum atomic E-state index is -1.03. The Morgan fingerprint density at radius 1 is 0.609 bits per heavy atom. The molecule has 1 N–H and O–H groups in total. The molecule has 6 nitrogen and oxygen atoms in total. The van der Waals surface area contributed by atoms with Crippen LogP contribution in [-0.2, 0) is 4.79 Å². The number of Topliss-reactive ketones (excluding diaryl/α,β-unsaturated/α-hetero) is 2. The summed E-state index contributed by atoms with van der Waals surface area (Å²) in [6.45, 7) is 4.85. The van der Waals surface area contributed by atoms with Crippen LogP contribution >= 0.6 is 0 Å². The molecular formula is C40H34O6. The molecule has 0 aliphatic heterocycles. The molecule has 0 saturated heterocycles. The molecule has 6 heteroatoms. The van der Waals surface area contributed by atoms with E-state index in [9.17, 15) is 14.4 Å². The third kappa shape index (κ3) is 7.85. The lowest BCUT2D eigenvalue weighted by Gasteiger charge is -2.13. The maximum atomic E-state index is 11.9. The number of aliphatic carboxylic acids is 1. The van der Waals surface area contributed by atoms with Crippen LogP contribution in [-0.4, -0.2) is 35.9 Å². The first-order valence-corrected chi connectivity index (χ1v) is 14.9. The highest BCUT2D eigenvalue weighted by atomic mass is 16.5. The van der Waals surface area contributed by atoms with Gasteiger partial charge in [0.05, 0.1) is 0 Å². The van der Waals surface area contributed by atoms with Gasteiger partial charge in [0.1, 0.15) is 18.1 Å². The standard InChI is InChI=1S/C40H34O6/c1-26-22-37(18-19-39(26)46-25-40(43)44)45-21-20-38(31-14-10-29(11-15-31)35-8-4-6-33(23-35)27(2)41)32-16-12-30(13-17-32)36-9-5-7-34(24-36)28(3)42/h4-20,22-24H,21,25H2,1-3H3,(H,43,44). The Morgan fingerprint density at radius 3 is 1.59 bits per heavy atom. The molecule has 0 unspecified atom stereocenters. The van der Waals surface area contributed by atoms with E-state index in [1.165, 1.54) is 0 Å². The molecule has 5 aromatic rings. The number of ether oxygens (including phenoxy) is 2. The van der Waals surface area contributed by atoms with E-state index in [0.717, 1.165) is 44.5 Å². The first-order chi connectivity index (χ1) is 22.2. The molecule has 0 atom stereocenters. The van der Waals surface area contributed by atoms with Gasteiger partial charge in [-0.05, 0) is 102 Å². The number of aryl methyl sites for hydroxylation is 1. The summed E-state index contributed by atoms with van der Waals surface area (Å²) in [7, 11) is 0. The molecule has 5 aromatic carbocycles. The molecular weight excluding hydrogens is 576 g/mol. The van der Waals surface area contributed by atoms with Gasteiger partial charge in [0.2, 0.25) is 0 Å². The molecule has 230 valence electrons. The molecule has 0 bridgehead atoms. The fourth-order valence-electron chi connectivity index (χ4n) is 5.16. The maximum absolute atomic E-state index is 11.9. The minimum absolute atomic E-state index is 0.0257. The molecule has 0 radical (unpaired) electrons. The van der Waals surface area contributed by atoms with Crippen LogP contribution in [0.2, 0.25) is 0 Å². The summed E-state index contributed by atoms with van der Waals surface area (Å²) in [4.78, 5) is 34.7. The van der Waals surface area contributed by atoms with Gasteiger partial charge in [0.15, 0.2) is 18.2 Å². The number of hydrogen-bond acceptors (Lipinski definition) is 5. The molecule has 5 rings (SSSR count). The Balaban J connectivity index is 1.43. The number of carbonyl (C=O) groups excluding carboxylic acids is 2. The fraction of sp³-hybridized carbons (Fsp3) is 0.125. The lowest BCUT2D eigenvalue weighted by Crippen LogP contribution is -2.10. The van der Waals surface area contributed by atoms with Crippen molar-refractivity contribution < 1.29 is 29.0 Å². The summed E-state index contributed by atoms with van der Waals surface area (Å²) in [6.07, 6.45) is 2.03. The summed E-state index contributed by atoms with van der Waals surface area (Å²) in [5, 5.41) is 8.90. The van der Waals surface area contributed by atoms with Crippen LogP contribution in [0.1, 0.15) is 51.3 Å². The molecule has 0 heterocycles. The molecule has 0 aliphatic rings. The van der Waals surface area contributed by atoms with Crippen molar-refractivity contribution in [1.82, 2.24) is 0 Å². The summed E-state index contributed by atoms with van der Waals surface area (Å²) in [5.41, 5.74) is 9.03. The second-order valence-corrected chi connectivity index (χ2v) is 11.0. The van der Waals surface area contributed by atoms with E-state index < -0.39 is 12.6 Å². The normalized spacial score (nSPS) is 10.6. The topological polar surface area (TPSA) is 89.9 Å². The van der Waals surface area contributed by atoms with Gasteiger partial charge in [-0.15, -0.1) is 0 Å². The average Bonchev–Trinajstić information content (AvgIpc) is 3.06. The smallest absolute Gasteiger partial charge is 0.341 e. The highest BCUT2D eigenvalue weighted by Crippen LogP contribution is 2.30.